The van der Waals surface area contributed by atoms with Gasteiger partial charge < -0.3 is 0 Å². The van der Waals surface area contributed by atoms with Crippen molar-refractivity contribution >= 4 is 50.9 Å². The van der Waals surface area contributed by atoms with E-state index in [4.69, 9.17) is 23.2 Å². The van der Waals surface area contributed by atoms with Crippen LogP contribution in [0.3, 0.4) is 0 Å². The van der Waals surface area contributed by atoms with Crippen LogP contribution in [0.5, 0.6) is 0 Å². The van der Waals surface area contributed by atoms with Gasteiger partial charge in [0.15, 0.2) is 0 Å². The van der Waals surface area contributed by atoms with Crippen LogP contribution in [-0.4, -0.2) is 9.97 Å². The monoisotopic (exact) mass is 374 g/mol. The van der Waals surface area contributed by atoms with Gasteiger partial charge in [0.2, 0.25) is 0 Å². The van der Waals surface area contributed by atoms with Crippen LogP contribution in [0, 0.1) is 0 Å². The number of aromatic nitrogens is 2. The van der Waals surface area contributed by atoms with Crippen molar-refractivity contribution in [1.29, 1.82) is 0 Å². The summed E-state index contributed by atoms with van der Waals surface area (Å²) in [6.45, 7) is 0. The maximum absolute atomic E-state index is 6.02. The normalized spacial score (nSPS) is 14.7. The lowest BCUT2D eigenvalue weighted by atomic mass is 10.4. The Labute approximate surface area is 134 Å². The Hall–Kier alpha value is -0.290. The molecular weight excluding hydrogens is 367 g/mol. The van der Waals surface area contributed by atoms with Crippen molar-refractivity contribution in [2.75, 3.05) is 0 Å². The van der Waals surface area contributed by atoms with E-state index in [-0.39, 0.29) is 0 Å². The van der Waals surface area contributed by atoms with Crippen LogP contribution in [0.25, 0.3) is 0 Å². The molecule has 1 aromatic carbocycles. The molecule has 1 aromatic heterocycles. The Kier molecular flexibility index (Phi) is 4.03. The SMILES string of the molecule is Clc1ccc(Sc2cc(Br)nc(C3CC3)n2)cc1Cl. The largest absolute Gasteiger partial charge is 0.226 e. The first-order valence-corrected chi connectivity index (χ1v) is 8.16. The predicted octanol–water partition coefficient (Wildman–Crippen LogP) is 5.57. The van der Waals surface area contributed by atoms with Crippen molar-refractivity contribution in [3.8, 4) is 0 Å². The summed E-state index contributed by atoms with van der Waals surface area (Å²) in [5.74, 6) is 1.46. The van der Waals surface area contributed by atoms with E-state index in [9.17, 15) is 0 Å². The molecule has 0 saturated heterocycles. The van der Waals surface area contributed by atoms with E-state index in [1.165, 1.54) is 12.8 Å². The Morgan fingerprint density at radius 3 is 2.58 bits per heavy atom. The zero-order valence-electron chi connectivity index (χ0n) is 9.74. The van der Waals surface area contributed by atoms with E-state index >= 15 is 0 Å². The Balaban J connectivity index is 1.87. The van der Waals surface area contributed by atoms with Gasteiger partial charge in [-0.15, -0.1) is 0 Å². The van der Waals surface area contributed by atoms with E-state index in [1.807, 2.05) is 18.2 Å². The standard InChI is InChI=1S/C13H9BrCl2N2S/c14-11-6-12(18-13(17-11)7-1-2-7)19-8-3-4-9(15)10(16)5-8/h3-7H,1-2H2. The van der Waals surface area contributed by atoms with Crippen molar-refractivity contribution in [3.63, 3.8) is 0 Å². The summed E-state index contributed by atoms with van der Waals surface area (Å²) in [6, 6.07) is 7.50. The molecule has 2 aromatic rings. The van der Waals surface area contributed by atoms with Crippen LogP contribution in [0.4, 0.5) is 0 Å². The highest BCUT2D eigenvalue weighted by atomic mass is 79.9. The number of halogens is 3. The second kappa shape index (κ2) is 5.60. The van der Waals surface area contributed by atoms with Gasteiger partial charge in [-0.25, -0.2) is 9.97 Å². The molecular formula is C13H9BrCl2N2S. The minimum atomic E-state index is 0.533. The zero-order valence-corrected chi connectivity index (χ0v) is 13.7. The molecule has 0 aliphatic heterocycles. The summed E-state index contributed by atoms with van der Waals surface area (Å²) in [7, 11) is 0. The summed E-state index contributed by atoms with van der Waals surface area (Å²) in [6.07, 6.45) is 2.38. The molecule has 1 heterocycles. The van der Waals surface area contributed by atoms with Crippen LogP contribution >= 0.6 is 50.9 Å². The summed E-state index contributed by atoms with van der Waals surface area (Å²) in [4.78, 5) is 10.0. The molecule has 0 radical (unpaired) electrons. The maximum atomic E-state index is 6.02. The molecule has 1 saturated carbocycles. The molecule has 98 valence electrons. The lowest BCUT2D eigenvalue weighted by Crippen LogP contribution is -1.94. The highest BCUT2D eigenvalue weighted by Gasteiger charge is 2.27. The van der Waals surface area contributed by atoms with Crippen LogP contribution in [0.15, 0.2) is 38.8 Å². The quantitative estimate of drug-likeness (QED) is 0.655. The predicted molar refractivity (Wildman–Crippen MR) is 82.3 cm³/mol. The lowest BCUT2D eigenvalue weighted by Gasteiger charge is -2.05. The Morgan fingerprint density at radius 2 is 1.89 bits per heavy atom. The van der Waals surface area contributed by atoms with Crippen molar-refractivity contribution in [3.05, 3.63) is 44.7 Å². The smallest absolute Gasteiger partial charge is 0.134 e. The molecule has 0 atom stereocenters. The van der Waals surface area contributed by atoms with E-state index in [1.54, 1.807) is 17.8 Å². The molecule has 1 aliphatic carbocycles. The second-order valence-corrected chi connectivity index (χ2v) is 7.06. The van der Waals surface area contributed by atoms with Crippen LogP contribution in [-0.2, 0) is 0 Å². The first-order chi connectivity index (χ1) is 9.11. The molecule has 1 aliphatic rings. The van der Waals surface area contributed by atoms with Crippen molar-refractivity contribution in [1.82, 2.24) is 9.97 Å². The minimum absolute atomic E-state index is 0.533. The average molecular weight is 376 g/mol. The molecule has 6 heteroatoms. The highest BCUT2D eigenvalue weighted by molar-refractivity contribution is 9.10. The van der Waals surface area contributed by atoms with Crippen LogP contribution < -0.4 is 0 Å². The van der Waals surface area contributed by atoms with Gasteiger partial charge in [-0.1, -0.05) is 35.0 Å². The zero-order chi connectivity index (χ0) is 13.4. The summed E-state index contributed by atoms with van der Waals surface area (Å²) >= 11 is 16.9. The fourth-order valence-corrected chi connectivity index (χ4v) is 3.43. The number of hydrogen-bond donors (Lipinski definition) is 0. The fourth-order valence-electron chi connectivity index (χ4n) is 1.65. The third-order valence-electron chi connectivity index (χ3n) is 2.74. The maximum Gasteiger partial charge on any atom is 0.134 e. The highest BCUT2D eigenvalue weighted by Crippen LogP contribution is 2.40. The molecule has 0 bridgehead atoms. The topological polar surface area (TPSA) is 25.8 Å². The van der Waals surface area contributed by atoms with E-state index in [0.29, 0.717) is 16.0 Å². The Morgan fingerprint density at radius 1 is 1.11 bits per heavy atom. The summed E-state index contributed by atoms with van der Waals surface area (Å²) < 4.78 is 0.826. The molecule has 0 unspecified atom stereocenters. The number of hydrogen-bond acceptors (Lipinski definition) is 3. The third kappa shape index (κ3) is 3.43. The summed E-state index contributed by atoms with van der Waals surface area (Å²) in [5.41, 5.74) is 0. The van der Waals surface area contributed by atoms with Gasteiger partial charge in [0, 0.05) is 16.9 Å². The number of nitrogens with zero attached hydrogens (tertiary/aromatic N) is 2. The van der Waals surface area contributed by atoms with Gasteiger partial charge in [-0.2, -0.15) is 0 Å². The van der Waals surface area contributed by atoms with Crippen LogP contribution in [0.1, 0.15) is 24.6 Å². The van der Waals surface area contributed by atoms with Gasteiger partial charge in [0.25, 0.3) is 0 Å². The van der Waals surface area contributed by atoms with Crippen molar-refractivity contribution in [2.45, 2.75) is 28.7 Å². The first-order valence-electron chi connectivity index (χ1n) is 5.79. The van der Waals surface area contributed by atoms with Crippen molar-refractivity contribution < 1.29 is 0 Å². The molecule has 3 rings (SSSR count). The lowest BCUT2D eigenvalue weighted by molar-refractivity contribution is 0.866. The van der Waals surface area contributed by atoms with E-state index in [0.717, 1.165) is 20.3 Å². The van der Waals surface area contributed by atoms with Gasteiger partial charge in [-0.3, -0.25) is 0 Å². The number of benzene rings is 1. The molecule has 1 fully saturated rings. The van der Waals surface area contributed by atoms with Gasteiger partial charge in [0.05, 0.1) is 10.0 Å². The fraction of sp³-hybridized carbons (Fsp3) is 0.231. The molecule has 2 nitrogen and oxygen atoms in total. The molecule has 0 spiro atoms. The van der Waals surface area contributed by atoms with Gasteiger partial charge >= 0.3 is 0 Å². The average Bonchev–Trinajstić information content (AvgIpc) is 3.17. The van der Waals surface area contributed by atoms with E-state index < -0.39 is 0 Å². The minimum Gasteiger partial charge on any atom is -0.226 e. The van der Waals surface area contributed by atoms with Gasteiger partial charge in [-0.05, 0) is 47.0 Å². The first kappa shape index (κ1) is 13.7. The van der Waals surface area contributed by atoms with Crippen molar-refractivity contribution in [2.24, 2.45) is 0 Å². The van der Waals surface area contributed by atoms with Crippen LogP contribution in [0.2, 0.25) is 10.0 Å². The third-order valence-corrected chi connectivity index (χ3v) is 4.80. The number of rotatable bonds is 3. The molecule has 19 heavy (non-hydrogen) atoms. The second-order valence-electron chi connectivity index (χ2n) is 4.34. The Bertz CT molecular complexity index is 632. The summed E-state index contributed by atoms with van der Waals surface area (Å²) in [5, 5.41) is 2.04. The molecule has 0 amide bonds. The molecule has 0 N–H and O–H groups in total. The van der Waals surface area contributed by atoms with Gasteiger partial charge in [0.1, 0.15) is 15.5 Å². The van der Waals surface area contributed by atoms with E-state index in [2.05, 4.69) is 25.9 Å².